The van der Waals surface area contributed by atoms with Crippen LogP contribution in [0.4, 0.5) is 0 Å². The van der Waals surface area contributed by atoms with Gasteiger partial charge in [0.2, 0.25) is 0 Å². The monoisotopic (exact) mass is 252 g/mol. The van der Waals surface area contributed by atoms with Crippen molar-refractivity contribution < 1.29 is 8.42 Å². The molecule has 0 saturated carbocycles. The Kier molecular flexibility index (Phi) is 4.91. The molecule has 1 rings (SSSR count). The Morgan fingerprint density at radius 2 is 2.13 bits per heavy atom. The van der Waals surface area contributed by atoms with Gasteiger partial charge in [0.1, 0.15) is 0 Å². The predicted molar refractivity (Wildman–Crippen MR) is 65.0 cm³/mol. The smallest absolute Gasteiger partial charge is 0.150 e. The highest BCUT2D eigenvalue weighted by molar-refractivity contribution is 7.91. The molecule has 2 nitrogen and oxygen atoms in total. The van der Waals surface area contributed by atoms with Crippen molar-refractivity contribution >= 4 is 21.4 Å². The lowest BCUT2D eigenvalue weighted by Gasteiger charge is -2.22. The Hall–Kier alpha value is 0.240. The molecule has 4 heteroatoms. The van der Waals surface area contributed by atoms with Crippen molar-refractivity contribution in [1.82, 2.24) is 0 Å². The molecule has 1 saturated heterocycles. The fraction of sp³-hybridized carbons (Fsp3) is 1.00. The van der Waals surface area contributed by atoms with Gasteiger partial charge in [-0.15, -0.1) is 11.6 Å². The molecule has 0 spiro atoms. The Balaban J connectivity index is 2.53. The summed E-state index contributed by atoms with van der Waals surface area (Å²) in [6, 6.07) is 0. The molecule has 15 heavy (non-hydrogen) atoms. The summed E-state index contributed by atoms with van der Waals surface area (Å²) in [6.07, 6.45) is 3.03. The van der Waals surface area contributed by atoms with E-state index in [2.05, 4.69) is 13.8 Å². The van der Waals surface area contributed by atoms with E-state index in [-0.39, 0.29) is 0 Å². The molecule has 1 aliphatic heterocycles. The Morgan fingerprint density at radius 3 is 2.53 bits per heavy atom. The van der Waals surface area contributed by atoms with E-state index in [1.54, 1.807) is 0 Å². The summed E-state index contributed by atoms with van der Waals surface area (Å²) in [4.78, 5) is 0. The fourth-order valence-corrected chi connectivity index (χ4v) is 4.56. The van der Waals surface area contributed by atoms with Crippen LogP contribution in [0, 0.1) is 17.8 Å². The Morgan fingerprint density at radius 1 is 1.47 bits per heavy atom. The second kappa shape index (κ2) is 5.53. The minimum atomic E-state index is -2.75. The zero-order valence-electron chi connectivity index (χ0n) is 9.58. The average molecular weight is 253 g/mol. The molecule has 0 radical (unpaired) electrons. The highest BCUT2D eigenvalue weighted by atomic mass is 35.5. The van der Waals surface area contributed by atoms with E-state index in [9.17, 15) is 8.42 Å². The predicted octanol–water partition coefficient (Wildman–Crippen LogP) is 2.71. The van der Waals surface area contributed by atoms with Crippen molar-refractivity contribution in [3.8, 4) is 0 Å². The maximum Gasteiger partial charge on any atom is 0.150 e. The number of hydrogen-bond acceptors (Lipinski definition) is 2. The molecule has 0 aromatic rings. The van der Waals surface area contributed by atoms with E-state index < -0.39 is 9.84 Å². The molecule has 1 fully saturated rings. The molecule has 0 aromatic carbocycles. The van der Waals surface area contributed by atoms with Gasteiger partial charge < -0.3 is 0 Å². The summed E-state index contributed by atoms with van der Waals surface area (Å²) in [5.41, 5.74) is 0. The largest absolute Gasteiger partial charge is 0.229 e. The van der Waals surface area contributed by atoms with Crippen LogP contribution < -0.4 is 0 Å². The number of hydrogen-bond donors (Lipinski definition) is 0. The molecule has 0 amide bonds. The van der Waals surface area contributed by atoms with Crippen molar-refractivity contribution in [2.24, 2.45) is 17.8 Å². The zero-order chi connectivity index (χ0) is 11.5. The molecular formula is C11H21ClO2S. The van der Waals surface area contributed by atoms with Crippen LogP contribution in [0.1, 0.15) is 33.1 Å². The van der Waals surface area contributed by atoms with E-state index in [4.69, 9.17) is 11.6 Å². The molecule has 0 bridgehead atoms. The van der Waals surface area contributed by atoms with Crippen molar-refractivity contribution in [2.45, 2.75) is 33.1 Å². The van der Waals surface area contributed by atoms with Crippen LogP contribution in [0.3, 0.4) is 0 Å². The summed E-state index contributed by atoms with van der Waals surface area (Å²) in [5.74, 6) is 2.68. The van der Waals surface area contributed by atoms with Gasteiger partial charge in [0.25, 0.3) is 0 Å². The molecule has 3 atom stereocenters. The topological polar surface area (TPSA) is 34.1 Å². The third-order valence-corrected chi connectivity index (χ3v) is 5.72. The van der Waals surface area contributed by atoms with Crippen molar-refractivity contribution in [2.75, 3.05) is 17.4 Å². The van der Waals surface area contributed by atoms with Gasteiger partial charge in [0.05, 0.1) is 11.5 Å². The summed E-state index contributed by atoms with van der Waals surface area (Å²) < 4.78 is 22.7. The first-order chi connectivity index (χ1) is 6.98. The second-order valence-electron chi connectivity index (χ2n) is 4.83. The van der Waals surface area contributed by atoms with Gasteiger partial charge in [-0.2, -0.15) is 0 Å². The molecule has 0 aliphatic carbocycles. The van der Waals surface area contributed by atoms with E-state index >= 15 is 0 Å². The van der Waals surface area contributed by atoms with Crippen molar-refractivity contribution in [1.29, 1.82) is 0 Å². The first kappa shape index (κ1) is 13.3. The average Bonchev–Trinajstić information content (AvgIpc) is 2.54. The van der Waals surface area contributed by atoms with Gasteiger partial charge in [-0.1, -0.05) is 20.3 Å². The zero-order valence-corrected chi connectivity index (χ0v) is 11.1. The highest BCUT2D eigenvalue weighted by Crippen LogP contribution is 2.31. The molecule has 1 aliphatic rings. The maximum atomic E-state index is 11.4. The molecule has 1 heterocycles. The normalized spacial score (nSPS) is 28.9. The number of alkyl halides is 1. The molecule has 0 aromatic heterocycles. The minimum Gasteiger partial charge on any atom is -0.229 e. The van der Waals surface area contributed by atoms with E-state index in [0.29, 0.717) is 35.1 Å². The maximum absolute atomic E-state index is 11.4. The minimum absolute atomic E-state index is 0.307. The van der Waals surface area contributed by atoms with Crippen LogP contribution in [-0.4, -0.2) is 25.8 Å². The first-order valence-electron chi connectivity index (χ1n) is 5.75. The van der Waals surface area contributed by atoms with Crippen LogP contribution in [-0.2, 0) is 9.84 Å². The number of halogens is 1. The lowest BCUT2D eigenvalue weighted by Crippen LogP contribution is -2.20. The summed E-state index contributed by atoms with van der Waals surface area (Å²) in [6.45, 7) is 4.38. The van der Waals surface area contributed by atoms with E-state index in [0.717, 1.165) is 19.3 Å². The first-order valence-corrected chi connectivity index (χ1v) is 8.10. The second-order valence-corrected chi connectivity index (χ2v) is 7.36. The quantitative estimate of drug-likeness (QED) is 0.705. The van der Waals surface area contributed by atoms with Gasteiger partial charge in [-0.05, 0) is 30.6 Å². The van der Waals surface area contributed by atoms with Crippen LogP contribution in [0.5, 0.6) is 0 Å². The van der Waals surface area contributed by atoms with Gasteiger partial charge in [0.15, 0.2) is 9.84 Å². The molecular weight excluding hydrogens is 232 g/mol. The summed E-state index contributed by atoms with van der Waals surface area (Å²) >= 11 is 5.95. The SMILES string of the molecule is CCC(C)CC(CCl)C1CCS(=O)(=O)C1. The Bertz CT molecular complexity index is 287. The highest BCUT2D eigenvalue weighted by Gasteiger charge is 2.33. The van der Waals surface area contributed by atoms with Crippen LogP contribution in [0.25, 0.3) is 0 Å². The van der Waals surface area contributed by atoms with Crippen molar-refractivity contribution in [3.05, 3.63) is 0 Å². The van der Waals surface area contributed by atoms with Crippen LogP contribution in [0.2, 0.25) is 0 Å². The van der Waals surface area contributed by atoms with Crippen LogP contribution in [0.15, 0.2) is 0 Å². The third kappa shape index (κ3) is 3.95. The van der Waals surface area contributed by atoms with Gasteiger partial charge in [-0.25, -0.2) is 8.42 Å². The molecule has 3 unspecified atom stereocenters. The molecule has 90 valence electrons. The Labute approximate surface area is 98.3 Å². The number of rotatable bonds is 5. The summed E-state index contributed by atoms with van der Waals surface area (Å²) in [7, 11) is -2.75. The lowest BCUT2D eigenvalue weighted by atomic mass is 9.85. The van der Waals surface area contributed by atoms with Gasteiger partial charge >= 0.3 is 0 Å². The lowest BCUT2D eigenvalue weighted by molar-refractivity contribution is 0.317. The van der Waals surface area contributed by atoms with Gasteiger partial charge in [-0.3, -0.25) is 0 Å². The van der Waals surface area contributed by atoms with E-state index in [1.165, 1.54) is 0 Å². The van der Waals surface area contributed by atoms with E-state index in [1.807, 2.05) is 0 Å². The summed E-state index contributed by atoms with van der Waals surface area (Å²) in [5, 5.41) is 0. The van der Waals surface area contributed by atoms with Gasteiger partial charge in [0, 0.05) is 5.88 Å². The number of sulfone groups is 1. The standard InChI is InChI=1S/C11H21ClO2S/c1-3-9(2)6-11(7-12)10-4-5-15(13,14)8-10/h9-11H,3-8H2,1-2H3. The fourth-order valence-electron chi connectivity index (χ4n) is 2.26. The van der Waals surface area contributed by atoms with Crippen LogP contribution >= 0.6 is 11.6 Å². The third-order valence-electron chi connectivity index (χ3n) is 3.53. The molecule has 0 N–H and O–H groups in total. The van der Waals surface area contributed by atoms with Crippen molar-refractivity contribution in [3.63, 3.8) is 0 Å².